The predicted molar refractivity (Wildman–Crippen MR) is 64.8 cm³/mol. The minimum atomic E-state index is -4.32. The summed E-state index contributed by atoms with van der Waals surface area (Å²) in [5.41, 5.74) is -0.228. The van der Waals surface area contributed by atoms with Gasteiger partial charge in [-0.3, -0.25) is 5.10 Å². The highest BCUT2D eigenvalue weighted by Gasteiger charge is 2.30. The van der Waals surface area contributed by atoms with E-state index in [2.05, 4.69) is 20.5 Å². The zero-order valence-corrected chi connectivity index (χ0v) is 10.3. The maximum absolute atomic E-state index is 12.5. The summed E-state index contributed by atoms with van der Waals surface area (Å²) in [4.78, 5) is 4.11. The number of H-pyrrole nitrogens is 1. The molecule has 1 aromatic carbocycles. The molecule has 2 rings (SSSR count). The Labute approximate surface area is 108 Å². The summed E-state index contributed by atoms with van der Waals surface area (Å²) < 4.78 is 37.5. The number of rotatable bonds is 4. The van der Waals surface area contributed by atoms with Gasteiger partial charge in [-0.25, -0.2) is 4.98 Å². The zero-order chi connectivity index (χ0) is 13.9. The summed E-state index contributed by atoms with van der Waals surface area (Å²) in [5, 5.41) is 9.58. The van der Waals surface area contributed by atoms with Gasteiger partial charge in [0.15, 0.2) is 5.82 Å². The average Bonchev–Trinajstić information content (AvgIpc) is 2.74. The van der Waals surface area contributed by atoms with Gasteiger partial charge in [-0.1, -0.05) is 6.07 Å². The van der Waals surface area contributed by atoms with Crippen LogP contribution < -0.4 is 5.32 Å². The maximum Gasteiger partial charge on any atom is 0.416 e. The Morgan fingerprint density at radius 3 is 2.74 bits per heavy atom. The van der Waals surface area contributed by atoms with Crippen LogP contribution >= 0.6 is 0 Å². The molecule has 0 aliphatic heterocycles. The van der Waals surface area contributed by atoms with Crippen LogP contribution in [0.1, 0.15) is 17.2 Å². The molecule has 0 fully saturated rings. The standard InChI is InChI=1S/C12H13F3N4/c1-8-17-11(19-18-8)5-6-16-10-4-2-3-9(7-10)12(13,14)15/h2-4,7,16H,5-6H2,1H3,(H,17,18,19). The van der Waals surface area contributed by atoms with Gasteiger partial charge >= 0.3 is 6.18 Å². The second kappa shape index (κ2) is 5.29. The Balaban J connectivity index is 1.93. The molecule has 102 valence electrons. The second-order valence-electron chi connectivity index (χ2n) is 4.09. The summed E-state index contributed by atoms with van der Waals surface area (Å²) in [5.74, 6) is 1.35. The summed E-state index contributed by atoms with van der Waals surface area (Å²) in [6, 6.07) is 5.10. The first-order valence-corrected chi connectivity index (χ1v) is 5.74. The van der Waals surface area contributed by atoms with Crippen LogP contribution in [-0.4, -0.2) is 21.7 Å². The van der Waals surface area contributed by atoms with Crippen molar-refractivity contribution in [1.29, 1.82) is 0 Å². The van der Waals surface area contributed by atoms with Gasteiger partial charge in [0.25, 0.3) is 0 Å². The highest BCUT2D eigenvalue weighted by Crippen LogP contribution is 2.30. The highest BCUT2D eigenvalue weighted by molar-refractivity contribution is 5.46. The van der Waals surface area contributed by atoms with E-state index in [9.17, 15) is 13.2 Å². The third-order valence-corrected chi connectivity index (χ3v) is 2.51. The lowest BCUT2D eigenvalue weighted by atomic mass is 10.2. The minimum absolute atomic E-state index is 0.432. The number of aromatic amines is 1. The van der Waals surface area contributed by atoms with Crippen molar-refractivity contribution >= 4 is 5.69 Å². The molecule has 0 spiro atoms. The van der Waals surface area contributed by atoms with E-state index in [0.29, 0.717) is 30.3 Å². The fourth-order valence-electron chi connectivity index (χ4n) is 1.62. The van der Waals surface area contributed by atoms with Crippen molar-refractivity contribution in [2.45, 2.75) is 19.5 Å². The molecule has 0 saturated carbocycles. The topological polar surface area (TPSA) is 53.6 Å². The van der Waals surface area contributed by atoms with E-state index in [1.165, 1.54) is 6.07 Å². The molecule has 7 heteroatoms. The van der Waals surface area contributed by atoms with E-state index < -0.39 is 11.7 Å². The molecule has 0 bridgehead atoms. The van der Waals surface area contributed by atoms with E-state index >= 15 is 0 Å². The van der Waals surface area contributed by atoms with Crippen molar-refractivity contribution in [3.8, 4) is 0 Å². The quantitative estimate of drug-likeness (QED) is 0.898. The third kappa shape index (κ3) is 3.70. The number of benzene rings is 1. The van der Waals surface area contributed by atoms with Crippen LogP contribution in [0.2, 0.25) is 0 Å². The van der Waals surface area contributed by atoms with Crippen molar-refractivity contribution in [2.75, 3.05) is 11.9 Å². The van der Waals surface area contributed by atoms with Gasteiger partial charge in [-0.2, -0.15) is 18.3 Å². The predicted octanol–water partition coefficient (Wildman–Crippen LogP) is 2.79. The number of hydrogen-bond acceptors (Lipinski definition) is 3. The number of anilines is 1. The van der Waals surface area contributed by atoms with Gasteiger partial charge in [0, 0.05) is 18.7 Å². The van der Waals surface area contributed by atoms with Gasteiger partial charge < -0.3 is 5.32 Å². The lowest BCUT2D eigenvalue weighted by Gasteiger charge is -2.09. The Kier molecular flexibility index (Phi) is 3.73. The monoisotopic (exact) mass is 270 g/mol. The fraction of sp³-hybridized carbons (Fsp3) is 0.333. The Morgan fingerprint density at radius 1 is 1.32 bits per heavy atom. The lowest BCUT2D eigenvalue weighted by molar-refractivity contribution is -0.137. The van der Waals surface area contributed by atoms with Crippen LogP contribution in [0, 0.1) is 6.92 Å². The van der Waals surface area contributed by atoms with Gasteiger partial charge in [0.2, 0.25) is 0 Å². The molecule has 1 heterocycles. The number of aryl methyl sites for hydroxylation is 1. The molecule has 0 unspecified atom stereocenters. The van der Waals surface area contributed by atoms with Crippen molar-refractivity contribution in [2.24, 2.45) is 0 Å². The van der Waals surface area contributed by atoms with Crippen molar-refractivity contribution in [3.05, 3.63) is 41.5 Å². The van der Waals surface area contributed by atoms with E-state index in [4.69, 9.17) is 0 Å². The van der Waals surface area contributed by atoms with Crippen molar-refractivity contribution < 1.29 is 13.2 Å². The zero-order valence-electron chi connectivity index (χ0n) is 10.3. The first kappa shape index (κ1) is 13.4. The molecule has 0 amide bonds. The molecular weight excluding hydrogens is 257 g/mol. The molecule has 2 aromatic rings. The Bertz CT molecular complexity index is 548. The van der Waals surface area contributed by atoms with Crippen LogP contribution in [0.4, 0.5) is 18.9 Å². The smallest absolute Gasteiger partial charge is 0.385 e. The van der Waals surface area contributed by atoms with E-state index in [1.807, 2.05) is 0 Å². The normalized spacial score (nSPS) is 11.6. The fourth-order valence-corrected chi connectivity index (χ4v) is 1.62. The molecule has 0 atom stereocenters. The molecule has 1 aromatic heterocycles. The van der Waals surface area contributed by atoms with Gasteiger partial charge in [0.1, 0.15) is 5.82 Å². The largest absolute Gasteiger partial charge is 0.416 e. The van der Waals surface area contributed by atoms with Crippen LogP contribution in [0.3, 0.4) is 0 Å². The van der Waals surface area contributed by atoms with Crippen LogP contribution in [0.25, 0.3) is 0 Å². The van der Waals surface area contributed by atoms with Gasteiger partial charge in [-0.05, 0) is 25.1 Å². The first-order chi connectivity index (χ1) is 8.95. The van der Waals surface area contributed by atoms with Gasteiger partial charge in [-0.15, -0.1) is 0 Å². The molecule has 0 radical (unpaired) electrons. The average molecular weight is 270 g/mol. The molecule has 0 saturated heterocycles. The Hall–Kier alpha value is -2.05. The van der Waals surface area contributed by atoms with Crippen LogP contribution in [0.5, 0.6) is 0 Å². The van der Waals surface area contributed by atoms with Gasteiger partial charge in [0.05, 0.1) is 5.56 Å². The molecule has 0 aliphatic carbocycles. The third-order valence-electron chi connectivity index (χ3n) is 2.51. The highest BCUT2D eigenvalue weighted by atomic mass is 19.4. The number of halogens is 3. The Morgan fingerprint density at radius 2 is 2.11 bits per heavy atom. The van der Waals surface area contributed by atoms with Crippen LogP contribution in [0.15, 0.2) is 24.3 Å². The number of nitrogens with zero attached hydrogens (tertiary/aromatic N) is 2. The summed E-state index contributed by atoms with van der Waals surface area (Å²) in [6.45, 7) is 2.26. The maximum atomic E-state index is 12.5. The first-order valence-electron chi connectivity index (χ1n) is 5.74. The van der Waals surface area contributed by atoms with E-state index in [1.54, 1.807) is 13.0 Å². The number of hydrogen-bond donors (Lipinski definition) is 2. The number of nitrogens with one attached hydrogen (secondary N) is 2. The molecule has 2 N–H and O–H groups in total. The minimum Gasteiger partial charge on any atom is -0.385 e. The number of alkyl halides is 3. The van der Waals surface area contributed by atoms with E-state index in [-0.39, 0.29) is 0 Å². The molecule has 4 nitrogen and oxygen atoms in total. The molecule has 19 heavy (non-hydrogen) atoms. The van der Waals surface area contributed by atoms with Crippen molar-refractivity contribution in [3.63, 3.8) is 0 Å². The second-order valence-corrected chi connectivity index (χ2v) is 4.09. The SMILES string of the molecule is Cc1nc(CCNc2cccc(C(F)(F)F)c2)n[nH]1. The van der Waals surface area contributed by atoms with Crippen molar-refractivity contribution in [1.82, 2.24) is 15.2 Å². The number of aromatic nitrogens is 3. The summed E-state index contributed by atoms with van der Waals surface area (Å²) >= 11 is 0. The van der Waals surface area contributed by atoms with E-state index in [0.717, 1.165) is 12.1 Å². The summed E-state index contributed by atoms with van der Waals surface area (Å²) in [7, 11) is 0. The molecule has 0 aliphatic rings. The van der Waals surface area contributed by atoms with Crippen LogP contribution in [-0.2, 0) is 12.6 Å². The molecular formula is C12H13F3N4. The summed E-state index contributed by atoms with van der Waals surface area (Å²) in [6.07, 6.45) is -3.78. The lowest BCUT2D eigenvalue weighted by Crippen LogP contribution is -2.09.